The van der Waals surface area contributed by atoms with E-state index in [0.717, 1.165) is 34.3 Å². The van der Waals surface area contributed by atoms with Gasteiger partial charge in [0.25, 0.3) is 0 Å². The van der Waals surface area contributed by atoms with E-state index in [1.807, 2.05) is 54.8 Å². The fourth-order valence-electron chi connectivity index (χ4n) is 3.42. The zero-order valence-electron chi connectivity index (χ0n) is 15.6. The lowest BCUT2D eigenvalue weighted by molar-refractivity contribution is -0.121. The first kappa shape index (κ1) is 19.0. The molecule has 144 valence electrons. The zero-order valence-corrected chi connectivity index (χ0v) is 17.1. The maximum Gasteiger partial charge on any atom is 0.226 e. The van der Waals surface area contributed by atoms with Crippen LogP contribution in [0.3, 0.4) is 0 Å². The molecule has 1 aliphatic carbocycles. The molecule has 1 amide bonds. The minimum absolute atomic E-state index is 0.0101. The third-order valence-electron chi connectivity index (χ3n) is 4.84. The maximum absolute atomic E-state index is 12.5. The number of benzene rings is 2. The van der Waals surface area contributed by atoms with Crippen molar-refractivity contribution in [3.63, 3.8) is 0 Å². The van der Waals surface area contributed by atoms with Crippen LogP contribution in [0.1, 0.15) is 39.9 Å². The molecule has 0 saturated heterocycles. The Morgan fingerprint density at radius 1 is 1.29 bits per heavy atom. The van der Waals surface area contributed by atoms with Crippen LogP contribution in [0.5, 0.6) is 5.75 Å². The van der Waals surface area contributed by atoms with Crippen LogP contribution < -0.4 is 10.1 Å². The zero-order chi connectivity index (χ0) is 19.5. The minimum atomic E-state index is -0.0101. The van der Waals surface area contributed by atoms with Crippen molar-refractivity contribution in [3.8, 4) is 5.75 Å². The van der Waals surface area contributed by atoms with Gasteiger partial charge in [-0.15, -0.1) is 11.3 Å². The van der Waals surface area contributed by atoms with Crippen LogP contribution in [0.15, 0.2) is 47.8 Å². The van der Waals surface area contributed by atoms with Gasteiger partial charge in [0.1, 0.15) is 17.4 Å². The summed E-state index contributed by atoms with van der Waals surface area (Å²) in [7, 11) is 0. The molecular formula is C22H21ClN2O2S. The number of carbonyl (C=O) groups excluding carboxylic acids is 1. The highest BCUT2D eigenvalue weighted by molar-refractivity contribution is 7.09. The van der Waals surface area contributed by atoms with Crippen LogP contribution in [-0.4, -0.2) is 10.9 Å². The van der Waals surface area contributed by atoms with Gasteiger partial charge < -0.3 is 10.1 Å². The molecule has 0 saturated carbocycles. The standard InChI is InChI=1S/C22H21ClN2O2S/c1-14-2-6-18(7-3-14)27-12-22-24-17(13-28-22)11-21(26)25-20-9-4-15-10-16(23)5-8-19(15)20/h2-3,5-8,10,13,20H,4,9,11-12H2,1H3,(H,25,26). The number of nitrogens with zero attached hydrogens (tertiary/aromatic N) is 1. The number of carbonyl (C=O) groups is 1. The quantitative estimate of drug-likeness (QED) is 0.617. The monoisotopic (exact) mass is 412 g/mol. The second kappa shape index (κ2) is 8.33. The predicted octanol–water partition coefficient (Wildman–Crippen LogP) is 5.03. The second-order valence-electron chi connectivity index (χ2n) is 7.01. The van der Waals surface area contributed by atoms with Gasteiger partial charge in [-0.25, -0.2) is 4.98 Å². The van der Waals surface area contributed by atoms with Gasteiger partial charge in [-0.2, -0.15) is 0 Å². The number of hydrogen-bond acceptors (Lipinski definition) is 4. The average molecular weight is 413 g/mol. The summed E-state index contributed by atoms with van der Waals surface area (Å²) in [6.45, 7) is 2.45. The van der Waals surface area contributed by atoms with Crippen molar-refractivity contribution >= 4 is 28.8 Å². The summed E-state index contributed by atoms with van der Waals surface area (Å²) in [5.74, 6) is 0.809. The number of fused-ring (bicyclic) bond motifs is 1. The topological polar surface area (TPSA) is 51.2 Å². The first-order valence-corrected chi connectivity index (χ1v) is 10.5. The van der Waals surface area contributed by atoms with Gasteiger partial charge in [0.15, 0.2) is 0 Å². The maximum atomic E-state index is 12.5. The van der Waals surface area contributed by atoms with E-state index in [9.17, 15) is 4.79 Å². The second-order valence-corrected chi connectivity index (χ2v) is 8.39. The van der Waals surface area contributed by atoms with Gasteiger partial charge in [-0.3, -0.25) is 4.79 Å². The molecule has 6 heteroatoms. The highest BCUT2D eigenvalue weighted by atomic mass is 35.5. The molecule has 0 bridgehead atoms. The number of rotatable bonds is 6. The predicted molar refractivity (Wildman–Crippen MR) is 112 cm³/mol. The minimum Gasteiger partial charge on any atom is -0.486 e. The molecule has 3 aromatic rings. The largest absolute Gasteiger partial charge is 0.486 e. The number of hydrogen-bond donors (Lipinski definition) is 1. The number of thiazole rings is 1. The van der Waals surface area contributed by atoms with E-state index in [-0.39, 0.29) is 18.4 Å². The molecule has 4 nitrogen and oxygen atoms in total. The number of nitrogens with one attached hydrogen (secondary N) is 1. The van der Waals surface area contributed by atoms with Crippen LogP contribution in [0.4, 0.5) is 0 Å². The van der Waals surface area contributed by atoms with Crippen molar-refractivity contribution in [3.05, 3.63) is 80.3 Å². The summed E-state index contributed by atoms with van der Waals surface area (Å²) >= 11 is 7.57. The number of ether oxygens (including phenoxy) is 1. The Morgan fingerprint density at radius 3 is 2.93 bits per heavy atom. The molecule has 1 N–H and O–H groups in total. The molecule has 0 spiro atoms. The van der Waals surface area contributed by atoms with E-state index in [4.69, 9.17) is 16.3 Å². The van der Waals surface area contributed by atoms with Gasteiger partial charge in [-0.1, -0.05) is 35.4 Å². The number of halogens is 1. The summed E-state index contributed by atoms with van der Waals surface area (Å²) in [5, 5.41) is 6.66. The average Bonchev–Trinajstić information content (AvgIpc) is 3.28. The van der Waals surface area contributed by atoms with Crippen molar-refractivity contribution in [1.29, 1.82) is 0 Å². The normalized spacial score (nSPS) is 15.3. The van der Waals surface area contributed by atoms with Crippen LogP contribution in [0.2, 0.25) is 5.02 Å². The SMILES string of the molecule is Cc1ccc(OCc2nc(CC(=O)NC3CCc4cc(Cl)ccc43)cs2)cc1. The molecule has 1 heterocycles. The Bertz CT molecular complexity index is 984. The van der Waals surface area contributed by atoms with Crippen LogP contribution in [-0.2, 0) is 24.2 Å². The summed E-state index contributed by atoms with van der Waals surface area (Å²) in [4.78, 5) is 17.0. The fourth-order valence-corrected chi connectivity index (χ4v) is 4.32. The molecule has 1 aromatic heterocycles. The Hall–Kier alpha value is -2.37. The molecule has 0 aliphatic heterocycles. The van der Waals surface area contributed by atoms with E-state index < -0.39 is 0 Å². The van der Waals surface area contributed by atoms with Crippen molar-refractivity contribution in [2.24, 2.45) is 0 Å². The number of amides is 1. The first-order chi connectivity index (χ1) is 13.6. The Labute approximate surface area is 173 Å². The molecule has 2 aromatic carbocycles. The lowest BCUT2D eigenvalue weighted by Gasteiger charge is -2.13. The van der Waals surface area contributed by atoms with Gasteiger partial charge in [0.05, 0.1) is 18.2 Å². The Morgan fingerprint density at radius 2 is 2.11 bits per heavy atom. The van der Waals surface area contributed by atoms with Crippen molar-refractivity contribution in [2.45, 2.75) is 38.8 Å². The Kier molecular flexibility index (Phi) is 5.64. The molecule has 0 fully saturated rings. The molecule has 0 radical (unpaired) electrons. The van der Waals surface area contributed by atoms with Crippen LogP contribution >= 0.6 is 22.9 Å². The lowest BCUT2D eigenvalue weighted by atomic mass is 10.1. The number of aromatic nitrogens is 1. The molecule has 28 heavy (non-hydrogen) atoms. The van der Waals surface area contributed by atoms with Crippen molar-refractivity contribution in [2.75, 3.05) is 0 Å². The van der Waals surface area contributed by atoms with Crippen molar-refractivity contribution < 1.29 is 9.53 Å². The van der Waals surface area contributed by atoms with E-state index in [0.29, 0.717) is 6.61 Å². The highest BCUT2D eigenvalue weighted by Crippen LogP contribution is 2.32. The van der Waals surface area contributed by atoms with Gasteiger partial charge in [0.2, 0.25) is 5.91 Å². The summed E-state index contributed by atoms with van der Waals surface area (Å²) in [6, 6.07) is 13.9. The third kappa shape index (κ3) is 4.54. The van der Waals surface area contributed by atoms with Crippen molar-refractivity contribution in [1.82, 2.24) is 10.3 Å². The highest BCUT2D eigenvalue weighted by Gasteiger charge is 2.24. The lowest BCUT2D eigenvalue weighted by Crippen LogP contribution is -2.28. The van der Waals surface area contributed by atoms with E-state index in [2.05, 4.69) is 10.3 Å². The van der Waals surface area contributed by atoms with Crippen LogP contribution in [0, 0.1) is 6.92 Å². The van der Waals surface area contributed by atoms with E-state index in [1.165, 1.54) is 28.0 Å². The molecule has 1 atom stereocenters. The fraction of sp³-hybridized carbons (Fsp3) is 0.273. The third-order valence-corrected chi connectivity index (χ3v) is 5.95. The van der Waals surface area contributed by atoms with Crippen LogP contribution in [0.25, 0.3) is 0 Å². The molecule has 1 aliphatic rings. The van der Waals surface area contributed by atoms with Gasteiger partial charge in [-0.05, 0) is 55.2 Å². The number of aryl methyl sites for hydroxylation is 2. The molecule has 4 rings (SSSR count). The van der Waals surface area contributed by atoms with E-state index in [1.54, 1.807) is 0 Å². The van der Waals surface area contributed by atoms with E-state index >= 15 is 0 Å². The molecule has 1 unspecified atom stereocenters. The summed E-state index contributed by atoms with van der Waals surface area (Å²) in [5.41, 5.74) is 4.37. The van der Waals surface area contributed by atoms with Gasteiger partial charge >= 0.3 is 0 Å². The summed E-state index contributed by atoms with van der Waals surface area (Å²) in [6.07, 6.45) is 2.13. The molecular weight excluding hydrogens is 392 g/mol. The smallest absolute Gasteiger partial charge is 0.226 e. The Balaban J connectivity index is 1.30. The first-order valence-electron chi connectivity index (χ1n) is 9.27. The van der Waals surface area contributed by atoms with Gasteiger partial charge in [0, 0.05) is 10.4 Å². The summed E-state index contributed by atoms with van der Waals surface area (Å²) < 4.78 is 5.76.